The summed E-state index contributed by atoms with van der Waals surface area (Å²) in [5.74, 6) is 6.36. The second kappa shape index (κ2) is 8.57. The molecule has 3 heterocycles. The number of nitrogens with zero attached hydrogens (tertiary/aromatic N) is 2. The van der Waals surface area contributed by atoms with Gasteiger partial charge in [-0.15, -0.1) is 0 Å². The Morgan fingerprint density at radius 1 is 1.32 bits per heavy atom. The van der Waals surface area contributed by atoms with Crippen molar-refractivity contribution in [2.75, 3.05) is 40.1 Å². The van der Waals surface area contributed by atoms with E-state index in [1.165, 1.54) is 0 Å². The Morgan fingerprint density at radius 3 is 3.07 bits per heavy atom. The lowest BCUT2D eigenvalue weighted by Crippen LogP contribution is -2.34. The molecular formula is C21H22N2O5. The number of aromatic nitrogens is 2. The van der Waals surface area contributed by atoms with Gasteiger partial charge in [0.05, 0.1) is 25.5 Å². The first-order valence-electron chi connectivity index (χ1n) is 9.30. The molecule has 0 spiro atoms. The maximum absolute atomic E-state index is 12.5. The van der Waals surface area contributed by atoms with Crippen LogP contribution in [0.1, 0.15) is 11.1 Å². The van der Waals surface area contributed by atoms with Gasteiger partial charge in [-0.2, -0.15) is 4.98 Å². The molecule has 0 bridgehead atoms. The molecular weight excluding hydrogens is 360 g/mol. The number of aryl methyl sites for hydroxylation is 1. The average molecular weight is 382 g/mol. The third kappa shape index (κ3) is 4.09. The Bertz CT molecular complexity index is 967. The summed E-state index contributed by atoms with van der Waals surface area (Å²) in [6, 6.07) is 7.84. The lowest BCUT2D eigenvalue weighted by molar-refractivity contribution is -0.102. The van der Waals surface area contributed by atoms with Crippen molar-refractivity contribution in [2.45, 2.75) is 19.1 Å². The average Bonchev–Trinajstić information content (AvgIpc) is 2.73. The summed E-state index contributed by atoms with van der Waals surface area (Å²) in [4.78, 5) is 16.5. The minimum atomic E-state index is -0.303. The van der Waals surface area contributed by atoms with Crippen LogP contribution < -0.4 is 10.4 Å². The van der Waals surface area contributed by atoms with Crippen molar-refractivity contribution in [3.8, 4) is 29.0 Å². The fourth-order valence-electron chi connectivity index (χ4n) is 3.38. The van der Waals surface area contributed by atoms with Gasteiger partial charge in [0.15, 0.2) is 0 Å². The molecule has 2 aliphatic rings. The number of ether oxygens (including phenoxy) is 4. The maximum Gasteiger partial charge on any atom is 0.351 e. The van der Waals surface area contributed by atoms with Crippen LogP contribution in [0.5, 0.6) is 5.88 Å². The standard InChI is InChI=1S/C21H22N2O5/c1-25-8-2-3-15-4-5-18-16(11-15)6-7-23-19(18)12-20(22-21(23)24)28-14-17-13-26-9-10-27-17/h4-5,11-12,17H,6-10,13-14H2,1H3/t17-/m0/s1. The van der Waals surface area contributed by atoms with Gasteiger partial charge >= 0.3 is 5.69 Å². The van der Waals surface area contributed by atoms with Gasteiger partial charge in [-0.3, -0.25) is 4.57 Å². The van der Waals surface area contributed by atoms with Gasteiger partial charge in [-0.25, -0.2) is 4.79 Å². The van der Waals surface area contributed by atoms with Gasteiger partial charge in [0.25, 0.3) is 0 Å². The number of methoxy groups -OCH3 is 1. The van der Waals surface area contributed by atoms with Crippen LogP contribution in [0.3, 0.4) is 0 Å². The van der Waals surface area contributed by atoms with Crippen molar-refractivity contribution >= 4 is 0 Å². The van der Waals surface area contributed by atoms with E-state index in [-0.39, 0.29) is 11.8 Å². The Kier molecular flexibility index (Phi) is 5.72. The maximum atomic E-state index is 12.5. The van der Waals surface area contributed by atoms with Crippen molar-refractivity contribution in [1.82, 2.24) is 9.55 Å². The topological polar surface area (TPSA) is 71.8 Å². The van der Waals surface area contributed by atoms with E-state index in [9.17, 15) is 4.79 Å². The van der Waals surface area contributed by atoms with Gasteiger partial charge < -0.3 is 18.9 Å². The highest BCUT2D eigenvalue weighted by atomic mass is 16.6. The van der Waals surface area contributed by atoms with Crippen molar-refractivity contribution < 1.29 is 18.9 Å². The normalized spacial score (nSPS) is 17.8. The Hall–Kier alpha value is -2.66. The third-order valence-electron chi connectivity index (χ3n) is 4.72. The van der Waals surface area contributed by atoms with Gasteiger partial charge in [0.1, 0.15) is 19.3 Å². The Balaban J connectivity index is 1.58. The van der Waals surface area contributed by atoms with Crippen LogP contribution in [0, 0.1) is 11.8 Å². The molecule has 0 aliphatic carbocycles. The molecule has 4 rings (SSSR count). The third-order valence-corrected chi connectivity index (χ3v) is 4.72. The van der Waals surface area contributed by atoms with Gasteiger partial charge in [0.2, 0.25) is 5.88 Å². The zero-order valence-corrected chi connectivity index (χ0v) is 15.8. The van der Waals surface area contributed by atoms with E-state index < -0.39 is 0 Å². The van der Waals surface area contributed by atoms with E-state index in [0.29, 0.717) is 45.5 Å². The van der Waals surface area contributed by atoms with Gasteiger partial charge in [0, 0.05) is 30.8 Å². The monoisotopic (exact) mass is 382 g/mol. The first kappa shape index (κ1) is 18.7. The van der Waals surface area contributed by atoms with Crippen LogP contribution in [-0.2, 0) is 27.2 Å². The fraction of sp³-hybridized carbons (Fsp3) is 0.429. The molecule has 2 aliphatic heterocycles. The molecule has 146 valence electrons. The van der Waals surface area contributed by atoms with Gasteiger partial charge in [-0.1, -0.05) is 17.9 Å². The molecule has 1 atom stereocenters. The Labute approximate surface area is 163 Å². The summed E-state index contributed by atoms with van der Waals surface area (Å²) < 4.78 is 23.3. The summed E-state index contributed by atoms with van der Waals surface area (Å²) in [5.41, 5.74) is 3.61. The van der Waals surface area contributed by atoms with Crippen molar-refractivity contribution in [2.24, 2.45) is 0 Å². The highest BCUT2D eigenvalue weighted by molar-refractivity contribution is 5.67. The number of benzene rings is 1. The molecule has 1 aromatic carbocycles. The Morgan fingerprint density at radius 2 is 2.25 bits per heavy atom. The van der Waals surface area contributed by atoms with E-state index in [4.69, 9.17) is 18.9 Å². The molecule has 7 nitrogen and oxygen atoms in total. The molecule has 1 fully saturated rings. The highest BCUT2D eigenvalue weighted by Gasteiger charge is 2.20. The van der Waals surface area contributed by atoms with Crippen LogP contribution in [-0.4, -0.2) is 55.8 Å². The smallest absolute Gasteiger partial charge is 0.351 e. The summed E-state index contributed by atoms with van der Waals surface area (Å²) in [7, 11) is 1.62. The predicted octanol–water partition coefficient (Wildman–Crippen LogP) is 1.26. The predicted molar refractivity (Wildman–Crippen MR) is 102 cm³/mol. The van der Waals surface area contributed by atoms with Crippen LogP contribution in [0.25, 0.3) is 11.3 Å². The fourth-order valence-corrected chi connectivity index (χ4v) is 3.38. The zero-order valence-electron chi connectivity index (χ0n) is 15.8. The first-order chi connectivity index (χ1) is 13.7. The van der Waals surface area contributed by atoms with E-state index in [1.807, 2.05) is 18.2 Å². The number of rotatable bonds is 4. The van der Waals surface area contributed by atoms with E-state index in [2.05, 4.69) is 22.9 Å². The summed E-state index contributed by atoms with van der Waals surface area (Å²) in [6.45, 7) is 2.93. The van der Waals surface area contributed by atoms with E-state index >= 15 is 0 Å². The minimum Gasteiger partial charge on any atom is -0.475 e. The van der Waals surface area contributed by atoms with Crippen LogP contribution in [0.2, 0.25) is 0 Å². The lowest BCUT2D eigenvalue weighted by atomic mass is 9.95. The van der Waals surface area contributed by atoms with E-state index in [1.54, 1.807) is 11.7 Å². The highest BCUT2D eigenvalue weighted by Crippen LogP contribution is 2.30. The molecule has 0 radical (unpaired) electrons. The molecule has 0 N–H and O–H groups in total. The largest absolute Gasteiger partial charge is 0.475 e. The molecule has 28 heavy (non-hydrogen) atoms. The second-order valence-corrected chi connectivity index (χ2v) is 6.65. The van der Waals surface area contributed by atoms with Crippen LogP contribution in [0.15, 0.2) is 29.1 Å². The van der Waals surface area contributed by atoms with Crippen molar-refractivity contribution in [3.63, 3.8) is 0 Å². The molecule has 0 unspecified atom stereocenters. The minimum absolute atomic E-state index is 0.144. The number of hydrogen-bond acceptors (Lipinski definition) is 6. The van der Waals surface area contributed by atoms with Gasteiger partial charge in [-0.05, 0) is 24.1 Å². The SMILES string of the molecule is COCC#Cc1ccc2c(c1)CCn1c-2cc(OC[C@@H]2COCCO2)nc1=O. The molecule has 0 saturated carbocycles. The molecule has 2 aromatic rings. The molecule has 1 saturated heterocycles. The van der Waals surface area contributed by atoms with E-state index in [0.717, 1.165) is 28.8 Å². The number of hydrogen-bond donors (Lipinski definition) is 0. The van der Waals surface area contributed by atoms with Crippen molar-refractivity contribution in [1.29, 1.82) is 0 Å². The number of fused-ring (bicyclic) bond motifs is 3. The summed E-state index contributed by atoms with van der Waals surface area (Å²) in [6.07, 6.45) is 0.617. The lowest BCUT2D eigenvalue weighted by Gasteiger charge is -2.24. The zero-order chi connectivity index (χ0) is 19.3. The molecule has 7 heteroatoms. The molecule has 1 aromatic heterocycles. The first-order valence-corrected chi connectivity index (χ1v) is 9.30. The quantitative estimate of drug-likeness (QED) is 0.742. The second-order valence-electron chi connectivity index (χ2n) is 6.65. The molecule has 0 amide bonds. The van der Waals surface area contributed by atoms with Crippen LogP contribution in [0.4, 0.5) is 0 Å². The van der Waals surface area contributed by atoms with Crippen molar-refractivity contribution in [3.05, 3.63) is 45.9 Å². The summed E-state index contributed by atoms with van der Waals surface area (Å²) in [5, 5.41) is 0. The summed E-state index contributed by atoms with van der Waals surface area (Å²) >= 11 is 0. The van der Waals surface area contributed by atoms with Crippen LogP contribution >= 0.6 is 0 Å².